The van der Waals surface area contributed by atoms with Crippen LogP contribution in [-0.2, 0) is 0 Å². The van der Waals surface area contributed by atoms with Gasteiger partial charge in [0.1, 0.15) is 18.8 Å². The number of rotatable bonds is 5. The van der Waals surface area contributed by atoms with E-state index in [1.54, 1.807) is 0 Å². The Morgan fingerprint density at radius 1 is 0.889 bits per heavy atom. The third-order valence-corrected chi connectivity index (χ3v) is 1.15. The summed E-state index contributed by atoms with van der Waals surface area (Å²) in [5, 5.41) is 25.3. The van der Waals surface area contributed by atoms with Gasteiger partial charge in [0.05, 0.1) is 13.2 Å². The molecule has 0 bridgehead atoms. The Morgan fingerprint density at radius 3 is 1.56 bits per heavy atom. The van der Waals surface area contributed by atoms with E-state index in [4.69, 9.17) is 15.3 Å². The van der Waals surface area contributed by atoms with Gasteiger partial charge < -0.3 is 15.3 Å². The summed E-state index contributed by atoms with van der Waals surface area (Å²) in [5.74, 6) is 0.806. The summed E-state index contributed by atoms with van der Waals surface area (Å²) in [4.78, 5) is 0. The van der Waals surface area contributed by atoms with Crippen molar-refractivity contribution in [3.05, 3.63) is 5.92 Å². The van der Waals surface area contributed by atoms with Crippen LogP contribution in [0.3, 0.4) is 0 Å². The Balaban J connectivity index is 3.18. The summed E-state index contributed by atoms with van der Waals surface area (Å²) < 4.78 is 0. The van der Waals surface area contributed by atoms with E-state index in [0.717, 1.165) is 5.92 Å². The van der Waals surface area contributed by atoms with Crippen LogP contribution in [0.4, 0.5) is 0 Å². The molecule has 0 heterocycles. The van der Waals surface area contributed by atoms with E-state index in [2.05, 4.69) is 0 Å². The van der Waals surface area contributed by atoms with Crippen molar-refractivity contribution >= 4 is 0 Å². The highest BCUT2D eigenvalue weighted by molar-refractivity contribution is 4.87. The minimum atomic E-state index is -0.0267. The van der Waals surface area contributed by atoms with Crippen molar-refractivity contribution in [2.45, 2.75) is 12.8 Å². The third-order valence-electron chi connectivity index (χ3n) is 1.15. The second-order valence-electron chi connectivity index (χ2n) is 1.86. The lowest BCUT2D eigenvalue weighted by atomic mass is 10.0. The van der Waals surface area contributed by atoms with E-state index < -0.39 is 0 Å². The SMILES string of the molecule is OCC[C+](CO)CCO. The van der Waals surface area contributed by atoms with Crippen LogP contribution in [0.25, 0.3) is 0 Å². The molecule has 0 aromatic rings. The fourth-order valence-electron chi connectivity index (χ4n) is 0.599. The smallest absolute Gasteiger partial charge is 0.187 e. The molecule has 0 fully saturated rings. The molecule has 0 atom stereocenters. The lowest BCUT2D eigenvalue weighted by molar-refractivity contribution is 0.229. The summed E-state index contributed by atoms with van der Waals surface area (Å²) in [6, 6.07) is 0. The summed E-state index contributed by atoms with van der Waals surface area (Å²) >= 11 is 0. The van der Waals surface area contributed by atoms with Crippen molar-refractivity contribution in [1.82, 2.24) is 0 Å². The maximum atomic E-state index is 8.53. The number of aliphatic hydroxyl groups is 3. The first-order valence-corrected chi connectivity index (χ1v) is 3.01. The topological polar surface area (TPSA) is 60.7 Å². The number of hydrogen-bond acceptors (Lipinski definition) is 3. The fourth-order valence-corrected chi connectivity index (χ4v) is 0.599. The van der Waals surface area contributed by atoms with Gasteiger partial charge in [-0.05, 0) is 0 Å². The molecule has 0 saturated heterocycles. The zero-order valence-corrected chi connectivity index (χ0v) is 5.38. The molecule has 3 nitrogen and oxygen atoms in total. The first kappa shape index (κ1) is 8.75. The van der Waals surface area contributed by atoms with E-state index in [-0.39, 0.29) is 19.8 Å². The second-order valence-corrected chi connectivity index (χ2v) is 1.86. The molecule has 0 amide bonds. The summed E-state index contributed by atoms with van der Waals surface area (Å²) in [7, 11) is 0. The Kier molecular flexibility index (Phi) is 5.72. The van der Waals surface area contributed by atoms with Crippen LogP contribution in [0, 0.1) is 5.92 Å². The van der Waals surface area contributed by atoms with E-state index in [0.29, 0.717) is 12.8 Å². The van der Waals surface area contributed by atoms with Gasteiger partial charge in [0.15, 0.2) is 6.61 Å². The molecule has 0 spiro atoms. The van der Waals surface area contributed by atoms with Crippen molar-refractivity contribution < 1.29 is 15.3 Å². The molecule has 0 unspecified atom stereocenters. The number of aliphatic hydroxyl groups excluding tert-OH is 3. The maximum Gasteiger partial charge on any atom is 0.187 e. The molecule has 54 valence electrons. The Morgan fingerprint density at radius 2 is 1.33 bits per heavy atom. The molecule has 9 heavy (non-hydrogen) atoms. The molecule has 0 saturated carbocycles. The van der Waals surface area contributed by atoms with Gasteiger partial charge in [-0.15, -0.1) is 0 Å². The van der Waals surface area contributed by atoms with Crippen LogP contribution in [0.2, 0.25) is 0 Å². The molecule has 0 aliphatic carbocycles. The van der Waals surface area contributed by atoms with Gasteiger partial charge in [0.25, 0.3) is 0 Å². The molecule has 0 radical (unpaired) electrons. The highest BCUT2D eigenvalue weighted by atomic mass is 16.3. The van der Waals surface area contributed by atoms with E-state index in [9.17, 15) is 0 Å². The monoisotopic (exact) mass is 133 g/mol. The van der Waals surface area contributed by atoms with Crippen LogP contribution in [0.15, 0.2) is 0 Å². The van der Waals surface area contributed by atoms with Crippen molar-refractivity contribution in [2.75, 3.05) is 19.8 Å². The quantitative estimate of drug-likeness (QED) is 0.435. The first-order valence-electron chi connectivity index (χ1n) is 3.01. The van der Waals surface area contributed by atoms with Crippen molar-refractivity contribution in [3.63, 3.8) is 0 Å². The average Bonchev–Trinajstić information content (AvgIpc) is 1.88. The van der Waals surface area contributed by atoms with Gasteiger partial charge in [-0.3, -0.25) is 0 Å². The normalized spacial score (nSPS) is 9.67. The Hall–Kier alpha value is -0.250. The molecule has 3 heteroatoms. The van der Waals surface area contributed by atoms with E-state index in [1.165, 1.54) is 0 Å². The van der Waals surface area contributed by atoms with Gasteiger partial charge in [-0.25, -0.2) is 0 Å². The van der Waals surface area contributed by atoms with Crippen molar-refractivity contribution in [3.8, 4) is 0 Å². The molecular weight excluding hydrogens is 120 g/mol. The van der Waals surface area contributed by atoms with Crippen molar-refractivity contribution in [1.29, 1.82) is 0 Å². The standard InChI is InChI=1S/C6H13O3/c7-3-1-6(5-9)2-4-8/h7-9H,1-5H2/q+1. The lowest BCUT2D eigenvalue weighted by Crippen LogP contribution is -2.07. The predicted octanol–water partition coefficient (Wildman–Crippen LogP) is -0.682. The fraction of sp³-hybridized carbons (Fsp3) is 0.833. The minimum Gasteiger partial charge on any atom is -0.392 e. The molecule has 0 aromatic carbocycles. The summed E-state index contributed by atoms with van der Waals surface area (Å²) in [6.45, 7) is 0.0763. The molecule has 0 rings (SSSR count). The zero-order valence-electron chi connectivity index (χ0n) is 5.38. The van der Waals surface area contributed by atoms with Gasteiger partial charge in [0, 0.05) is 0 Å². The largest absolute Gasteiger partial charge is 0.392 e. The summed E-state index contributed by atoms with van der Waals surface area (Å²) in [5.41, 5.74) is 0. The average molecular weight is 133 g/mol. The van der Waals surface area contributed by atoms with E-state index in [1.807, 2.05) is 0 Å². The molecule has 3 N–H and O–H groups in total. The van der Waals surface area contributed by atoms with Crippen LogP contribution in [0.1, 0.15) is 12.8 Å². The molecule has 0 aliphatic heterocycles. The lowest BCUT2D eigenvalue weighted by Gasteiger charge is -1.97. The molecule has 0 aromatic heterocycles. The maximum absolute atomic E-state index is 8.53. The first-order chi connectivity index (χ1) is 4.35. The van der Waals surface area contributed by atoms with Crippen molar-refractivity contribution in [2.24, 2.45) is 0 Å². The van der Waals surface area contributed by atoms with Crippen LogP contribution in [0.5, 0.6) is 0 Å². The highest BCUT2D eigenvalue weighted by Crippen LogP contribution is 2.07. The van der Waals surface area contributed by atoms with Gasteiger partial charge in [0.2, 0.25) is 0 Å². The highest BCUT2D eigenvalue weighted by Gasteiger charge is 2.16. The van der Waals surface area contributed by atoms with Gasteiger partial charge in [-0.2, -0.15) is 0 Å². The molecular formula is C6H13O3+. The molecule has 0 aliphatic rings. The summed E-state index contributed by atoms with van der Waals surface area (Å²) in [6.07, 6.45) is 0.994. The zero-order chi connectivity index (χ0) is 7.11. The van der Waals surface area contributed by atoms with Crippen LogP contribution < -0.4 is 0 Å². The number of hydrogen-bond donors (Lipinski definition) is 3. The van der Waals surface area contributed by atoms with E-state index >= 15 is 0 Å². The van der Waals surface area contributed by atoms with Gasteiger partial charge >= 0.3 is 0 Å². The Labute approximate surface area is 54.9 Å². The van der Waals surface area contributed by atoms with Crippen LogP contribution in [-0.4, -0.2) is 35.1 Å². The Bertz CT molecular complexity index is 50.3. The second kappa shape index (κ2) is 5.88. The third kappa shape index (κ3) is 4.27. The van der Waals surface area contributed by atoms with Crippen LogP contribution >= 0.6 is 0 Å². The van der Waals surface area contributed by atoms with Gasteiger partial charge in [-0.1, -0.05) is 0 Å². The predicted molar refractivity (Wildman–Crippen MR) is 33.7 cm³/mol. The minimum absolute atomic E-state index is 0.0267.